The molecule has 3 heteroatoms. The molecule has 0 amide bonds. The summed E-state index contributed by atoms with van der Waals surface area (Å²) in [6.45, 7) is 1.83. The zero-order valence-electron chi connectivity index (χ0n) is 5.76. The van der Waals surface area contributed by atoms with Gasteiger partial charge in [-0.25, -0.2) is 0 Å². The minimum absolute atomic E-state index is 0.00778. The van der Waals surface area contributed by atoms with Gasteiger partial charge in [-0.1, -0.05) is 0 Å². The largest absolute Gasteiger partial charge is 0.390 e. The Labute approximate surface area is 55.1 Å². The van der Waals surface area contributed by atoms with Gasteiger partial charge in [-0.05, 0) is 6.92 Å². The molecule has 0 saturated carbocycles. The van der Waals surface area contributed by atoms with Gasteiger partial charge in [-0.3, -0.25) is 4.99 Å². The molecule has 2 N–H and O–H groups in total. The zero-order chi connectivity index (χ0) is 7.11. The third-order valence-electron chi connectivity index (χ3n) is 0.871. The highest BCUT2D eigenvalue weighted by Gasteiger charge is 1.84. The first-order valence-electron chi connectivity index (χ1n) is 2.80. The number of hydrogen-bond acceptors (Lipinski definition) is 3. The number of rotatable bonds is 3. The fraction of sp³-hybridized carbons (Fsp3) is 0.500. The second-order valence-electron chi connectivity index (χ2n) is 1.47. The Kier molecular flexibility index (Phi) is 4.82. The van der Waals surface area contributed by atoms with Crippen molar-refractivity contribution < 1.29 is 5.11 Å². The number of aliphatic imine (C=N–C) groups is 1. The van der Waals surface area contributed by atoms with Gasteiger partial charge in [0.05, 0.1) is 12.3 Å². The van der Waals surface area contributed by atoms with Crippen molar-refractivity contribution in [3.8, 4) is 0 Å². The standard InChI is InChI=1S/C6H12N2O/c1-3-8-4-6(5-9)7-2/h3-4,7,9H,5H2,1-2H3/b6-4-,8-3?. The Morgan fingerprint density at radius 3 is 2.78 bits per heavy atom. The maximum atomic E-state index is 8.55. The predicted octanol–water partition coefficient (Wildman–Crippen LogP) is 0.130. The average molecular weight is 128 g/mol. The van der Waals surface area contributed by atoms with Crippen LogP contribution >= 0.6 is 0 Å². The molecule has 0 aromatic carbocycles. The molecule has 0 aromatic heterocycles. The molecular weight excluding hydrogens is 116 g/mol. The van der Waals surface area contributed by atoms with Crippen LogP contribution in [-0.2, 0) is 0 Å². The van der Waals surface area contributed by atoms with Crippen LogP contribution in [0.5, 0.6) is 0 Å². The highest BCUT2D eigenvalue weighted by Crippen LogP contribution is 1.83. The molecule has 0 aromatic rings. The van der Waals surface area contributed by atoms with Gasteiger partial charge < -0.3 is 10.4 Å². The van der Waals surface area contributed by atoms with E-state index in [1.807, 2.05) is 6.92 Å². The minimum atomic E-state index is 0.00778. The summed E-state index contributed by atoms with van der Waals surface area (Å²) in [6, 6.07) is 0. The Morgan fingerprint density at radius 1 is 1.78 bits per heavy atom. The Bertz CT molecular complexity index is 112. The third-order valence-corrected chi connectivity index (χ3v) is 0.871. The van der Waals surface area contributed by atoms with Crippen molar-refractivity contribution in [2.45, 2.75) is 6.92 Å². The topological polar surface area (TPSA) is 44.6 Å². The summed E-state index contributed by atoms with van der Waals surface area (Å²) in [5, 5.41) is 11.3. The van der Waals surface area contributed by atoms with Crippen LogP contribution in [0.25, 0.3) is 0 Å². The van der Waals surface area contributed by atoms with E-state index in [2.05, 4.69) is 10.3 Å². The van der Waals surface area contributed by atoms with Gasteiger partial charge in [0.25, 0.3) is 0 Å². The highest BCUT2D eigenvalue weighted by molar-refractivity contribution is 5.54. The molecule has 0 radical (unpaired) electrons. The minimum Gasteiger partial charge on any atom is -0.390 e. The molecule has 0 heterocycles. The van der Waals surface area contributed by atoms with Gasteiger partial charge >= 0.3 is 0 Å². The zero-order valence-corrected chi connectivity index (χ0v) is 5.76. The molecule has 0 saturated heterocycles. The lowest BCUT2D eigenvalue weighted by atomic mass is 10.5. The van der Waals surface area contributed by atoms with Crippen molar-refractivity contribution in [1.29, 1.82) is 0 Å². The van der Waals surface area contributed by atoms with Crippen LogP contribution in [-0.4, -0.2) is 25.0 Å². The van der Waals surface area contributed by atoms with Crippen molar-refractivity contribution in [1.82, 2.24) is 5.32 Å². The van der Waals surface area contributed by atoms with E-state index in [1.54, 1.807) is 19.5 Å². The van der Waals surface area contributed by atoms with Crippen molar-refractivity contribution in [3.05, 3.63) is 11.9 Å². The molecule has 3 nitrogen and oxygen atoms in total. The third kappa shape index (κ3) is 3.73. The molecule has 0 aliphatic heterocycles. The molecule has 0 rings (SSSR count). The number of nitrogens with one attached hydrogen (secondary N) is 1. The van der Waals surface area contributed by atoms with Gasteiger partial charge in [-0.2, -0.15) is 0 Å². The first-order valence-corrected chi connectivity index (χ1v) is 2.80. The molecule has 0 bridgehead atoms. The van der Waals surface area contributed by atoms with Gasteiger partial charge in [0.1, 0.15) is 0 Å². The van der Waals surface area contributed by atoms with E-state index < -0.39 is 0 Å². The maximum absolute atomic E-state index is 8.55. The van der Waals surface area contributed by atoms with Gasteiger partial charge in [-0.15, -0.1) is 0 Å². The number of aliphatic hydroxyl groups is 1. The lowest BCUT2D eigenvalue weighted by Crippen LogP contribution is -2.08. The first-order chi connectivity index (χ1) is 4.35. The normalized spacial score (nSPS) is 12.6. The van der Waals surface area contributed by atoms with E-state index >= 15 is 0 Å². The summed E-state index contributed by atoms with van der Waals surface area (Å²) in [6.07, 6.45) is 3.24. The molecule has 0 atom stereocenters. The fourth-order valence-corrected chi connectivity index (χ4v) is 0.349. The second-order valence-corrected chi connectivity index (χ2v) is 1.47. The molecule has 9 heavy (non-hydrogen) atoms. The van der Waals surface area contributed by atoms with Crippen LogP contribution in [0.15, 0.2) is 16.9 Å². The number of aliphatic hydroxyl groups excluding tert-OH is 1. The summed E-state index contributed by atoms with van der Waals surface area (Å²) in [4.78, 5) is 3.80. The SMILES string of the molecule is CC=N/C=C(/CO)NC. The number of likely N-dealkylation sites (N-methyl/N-ethyl adjacent to an activating group) is 1. The Morgan fingerprint density at radius 2 is 2.44 bits per heavy atom. The van der Waals surface area contributed by atoms with Crippen molar-refractivity contribution in [2.75, 3.05) is 13.7 Å². The molecular formula is C6H12N2O. The predicted molar refractivity (Wildman–Crippen MR) is 38.4 cm³/mol. The number of nitrogens with zero attached hydrogens (tertiary/aromatic N) is 1. The van der Waals surface area contributed by atoms with E-state index in [-0.39, 0.29) is 6.61 Å². The van der Waals surface area contributed by atoms with Crippen LogP contribution in [0.3, 0.4) is 0 Å². The molecule has 52 valence electrons. The summed E-state index contributed by atoms with van der Waals surface area (Å²) >= 11 is 0. The molecule has 0 aliphatic carbocycles. The van der Waals surface area contributed by atoms with Crippen molar-refractivity contribution in [3.63, 3.8) is 0 Å². The molecule has 0 spiro atoms. The maximum Gasteiger partial charge on any atom is 0.0843 e. The van der Waals surface area contributed by atoms with Crippen LogP contribution in [0.4, 0.5) is 0 Å². The van der Waals surface area contributed by atoms with Crippen molar-refractivity contribution >= 4 is 6.21 Å². The monoisotopic (exact) mass is 128 g/mol. The quantitative estimate of drug-likeness (QED) is 0.531. The second kappa shape index (κ2) is 5.31. The average Bonchev–Trinajstić information content (AvgIpc) is 1.91. The van der Waals surface area contributed by atoms with Gasteiger partial charge in [0, 0.05) is 19.5 Å². The Balaban J connectivity index is 3.75. The van der Waals surface area contributed by atoms with E-state index in [0.717, 1.165) is 0 Å². The van der Waals surface area contributed by atoms with E-state index in [4.69, 9.17) is 5.11 Å². The van der Waals surface area contributed by atoms with E-state index in [0.29, 0.717) is 5.70 Å². The van der Waals surface area contributed by atoms with Crippen LogP contribution in [0.1, 0.15) is 6.92 Å². The Hall–Kier alpha value is -0.830. The summed E-state index contributed by atoms with van der Waals surface area (Å²) < 4.78 is 0. The van der Waals surface area contributed by atoms with Crippen molar-refractivity contribution in [2.24, 2.45) is 4.99 Å². The molecule has 0 unspecified atom stereocenters. The highest BCUT2D eigenvalue weighted by atomic mass is 16.3. The summed E-state index contributed by atoms with van der Waals surface area (Å²) in [5.41, 5.74) is 0.716. The summed E-state index contributed by atoms with van der Waals surface area (Å²) in [7, 11) is 1.74. The van der Waals surface area contributed by atoms with Gasteiger partial charge in [0.15, 0.2) is 0 Å². The van der Waals surface area contributed by atoms with Crippen LogP contribution in [0.2, 0.25) is 0 Å². The van der Waals surface area contributed by atoms with Gasteiger partial charge in [0.2, 0.25) is 0 Å². The fourth-order valence-electron chi connectivity index (χ4n) is 0.349. The van der Waals surface area contributed by atoms with E-state index in [1.165, 1.54) is 0 Å². The lowest BCUT2D eigenvalue weighted by Gasteiger charge is -1.97. The molecule has 0 fully saturated rings. The lowest BCUT2D eigenvalue weighted by molar-refractivity contribution is 0.323. The van der Waals surface area contributed by atoms with E-state index in [9.17, 15) is 0 Å². The molecule has 0 aliphatic rings. The van der Waals surface area contributed by atoms with Crippen LogP contribution in [0, 0.1) is 0 Å². The summed E-state index contributed by atoms with van der Waals surface area (Å²) in [5.74, 6) is 0. The van der Waals surface area contributed by atoms with Crippen LogP contribution < -0.4 is 5.32 Å². The first kappa shape index (κ1) is 8.17. The number of hydrogen-bond donors (Lipinski definition) is 2. The smallest absolute Gasteiger partial charge is 0.0843 e.